The Morgan fingerprint density at radius 3 is 2.38 bits per heavy atom. The molecule has 13 heavy (non-hydrogen) atoms. The molecule has 0 amide bonds. The molecule has 1 heteroatoms. The molecule has 0 aromatic heterocycles. The fraction of sp³-hybridized carbons (Fsp3) is 0.417. The highest BCUT2D eigenvalue weighted by molar-refractivity contribution is 5.96. The normalized spacial score (nSPS) is 10.2. The predicted molar refractivity (Wildman–Crippen MR) is 55.3 cm³/mol. The zero-order valence-corrected chi connectivity index (χ0v) is 8.77. The van der Waals surface area contributed by atoms with Crippen LogP contribution in [0.25, 0.3) is 0 Å². The molecule has 1 aromatic rings. The summed E-state index contributed by atoms with van der Waals surface area (Å²) < 4.78 is 0. The van der Waals surface area contributed by atoms with E-state index in [1.807, 2.05) is 13.0 Å². The summed E-state index contributed by atoms with van der Waals surface area (Å²) in [4.78, 5) is 11.3. The van der Waals surface area contributed by atoms with E-state index >= 15 is 0 Å². The van der Waals surface area contributed by atoms with Gasteiger partial charge in [0.1, 0.15) is 0 Å². The van der Waals surface area contributed by atoms with Crippen LogP contribution in [0.3, 0.4) is 0 Å². The second-order valence-corrected chi connectivity index (χ2v) is 3.50. The fourth-order valence-corrected chi connectivity index (χ4v) is 1.50. The first-order valence-electron chi connectivity index (χ1n) is 4.67. The van der Waals surface area contributed by atoms with Crippen LogP contribution in [-0.4, -0.2) is 5.78 Å². The van der Waals surface area contributed by atoms with E-state index in [0.717, 1.165) is 17.5 Å². The summed E-state index contributed by atoms with van der Waals surface area (Å²) in [5, 5.41) is 0. The number of hydrogen-bond acceptors (Lipinski definition) is 1. The summed E-state index contributed by atoms with van der Waals surface area (Å²) >= 11 is 0. The van der Waals surface area contributed by atoms with Crippen LogP contribution in [-0.2, 0) is 6.42 Å². The summed E-state index contributed by atoms with van der Waals surface area (Å²) in [7, 11) is 0. The molecule has 0 N–H and O–H groups in total. The molecule has 1 aromatic carbocycles. The average Bonchev–Trinajstić information content (AvgIpc) is 2.09. The lowest BCUT2D eigenvalue weighted by molar-refractivity contribution is 0.101. The molecule has 0 bridgehead atoms. The molecule has 1 rings (SSSR count). The molecule has 1 nitrogen and oxygen atoms in total. The van der Waals surface area contributed by atoms with Crippen LogP contribution in [0.5, 0.6) is 0 Å². The van der Waals surface area contributed by atoms with Gasteiger partial charge in [-0.2, -0.15) is 0 Å². The highest BCUT2D eigenvalue weighted by Crippen LogP contribution is 2.17. The van der Waals surface area contributed by atoms with E-state index in [-0.39, 0.29) is 5.78 Å². The number of carbonyl (C=O) groups excluding carboxylic acids is 1. The van der Waals surface area contributed by atoms with Gasteiger partial charge in [-0.15, -0.1) is 0 Å². The van der Waals surface area contributed by atoms with Gasteiger partial charge >= 0.3 is 0 Å². The zero-order valence-electron chi connectivity index (χ0n) is 8.77. The Morgan fingerprint density at radius 2 is 1.92 bits per heavy atom. The molecule has 0 aliphatic heterocycles. The molecule has 0 unspecified atom stereocenters. The van der Waals surface area contributed by atoms with E-state index < -0.39 is 0 Å². The maximum absolute atomic E-state index is 11.3. The van der Waals surface area contributed by atoms with Crippen molar-refractivity contribution in [1.82, 2.24) is 0 Å². The third kappa shape index (κ3) is 1.97. The van der Waals surface area contributed by atoms with Gasteiger partial charge in [0.2, 0.25) is 0 Å². The van der Waals surface area contributed by atoms with E-state index in [1.165, 1.54) is 11.1 Å². The Hall–Kier alpha value is -1.11. The maximum atomic E-state index is 11.3. The third-order valence-electron chi connectivity index (χ3n) is 2.51. The molecule has 0 aliphatic rings. The van der Waals surface area contributed by atoms with Crippen molar-refractivity contribution in [2.24, 2.45) is 0 Å². The van der Waals surface area contributed by atoms with Crippen molar-refractivity contribution < 1.29 is 4.79 Å². The summed E-state index contributed by atoms with van der Waals surface area (Å²) in [6.45, 7) is 7.79. The van der Waals surface area contributed by atoms with Crippen molar-refractivity contribution in [3.05, 3.63) is 34.4 Å². The first kappa shape index (κ1) is 9.97. The number of Topliss-reactive ketones (excluding diaryl/α,β-unsaturated/α-hetero) is 1. The Balaban J connectivity index is 3.33. The number of benzene rings is 1. The van der Waals surface area contributed by atoms with Crippen LogP contribution in [0.1, 0.15) is 40.9 Å². The maximum Gasteiger partial charge on any atom is 0.160 e. The van der Waals surface area contributed by atoms with Gasteiger partial charge in [0.05, 0.1) is 0 Å². The smallest absolute Gasteiger partial charge is 0.160 e. The van der Waals surface area contributed by atoms with Crippen LogP contribution < -0.4 is 0 Å². The van der Waals surface area contributed by atoms with Gasteiger partial charge in [0, 0.05) is 5.56 Å². The van der Waals surface area contributed by atoms with Crippen molar-refractivity contribution in [3.63, 3.8) is 0 Å². The van der Waals surface area contributed by atoms with Gasteiger partial charge in [-0.05, 0) is 49.9 Å². The molecule has 0 saturated carbocycles. The molecule has 0 atom stereocenters. The van der Waals surface area contributed by atoms with Crippen molar-refractivity contribution in [2.75, 3.05) is 0 Å². The quantitative estimate of drug-likeness (QED) is 0.633. The minimum atomic E-state index is 0.163. The first-order chi connectivity index (χ1) is 6.06. The Bertz CT molecular complexity index is 337. The molecule has 0 aliphatic carbocycles. The van der Waals surface area contributed by atoms with Crippen LogP contribution in [0, 0.1) is 13.8 Å². The Labute approximate surface area is 79.8 Å². The molecular formula is C12H16O. The third-order valence-corrected chi connectivity index (χ3v) is 2.51. The minimum Gasteiger partial charge on any atom is -0.295 e. The lowest BCUT2D eigenvalue weighted by atomic mass is 9.96. The second-order valence-electron chi connectivity index (χ2n) is 3.50. The molecule has 70 valence electrons. The van der Waals surface area contributed by atoms with Gasteiger partial charge in [-0.25, -0.2) is 0 Å². The zero-order chi connectivity index (χ0) is 10.0. The van der Waals surface area contributed by atoms with E-state index in [9.17, 15) is 4.79 Å². The summed E-state index contributed by atoms with van der Waals surface area (Å²) in [6.07, 6.45) is 0.987. The van der Waals surface area contributed by atoms with Gasteiger partial charge in [-0.1, -0.05) is 13.0 Å². The van der Waals surface area contributed by atoms with E-state index in [0.29, 0.717) is 0 Å². The standard InChI is InChI=1S/C12H16O/c1-5-11-6-8(2)9(3)12(7-11)10(4)13/h6-7H,5H2,1-4H3. The van der Waals surface area contributed by atoms with Crippen LogP contribution in [0.15, 0.2) is 12.1 Å². The molecule has 0 fully saturated rings. The van der Waals surface area contributed by atoms with Crippen LogP contribution in [0.2, 0.25) is 0 Å². The first-order valence-corrected chi connectivity index (χ1v) is 4.67. The van der Waals surface area contributed by atoms with Crippen LogP contribution in [0.4, 0.5) is 0 Å². The largest absolute Gasteiger partial charge is 0.295 e. The Morgan fingerprint density at radius 1 is 1.31 bits per heavy atom. The predicted octanol–water partition coefficient (Wildman–Crippen LogP) is 3.07. The SMILES string of the molecule is CCc1cc(C)c(C)c(C(C)=O)c1. The number of hydrogen-bond donors (Lipinski definition) is 0. The Kier molecular flexibility index (Phi) is 2.86. The van der Waals surface area contributed by atoms with E-state index in [2.05, 4.69) is 19.9 Å². The summed E-state index contributed by atoms with van der Waals surface area (Å²) in [5.74, 6) is 0.163. The van der Waals surface area contributed by atoms with Crippen molar-refractivity contribution in [1.29, 1.82) is 0 Å². The summed E-state index contributed by atoms with van der Waals surface area (Å²) in [5.41, 5.74) is 4.44. The minimum absolute atomic E-state index is 0.163. The topological polar surface area (TPSA) is 17.1 Å². The van der Waals surface area contributed by atoms with Crippen molar-refractivity contribution in [3.8, 4) is 0 Å². The number of aryl methyl sites for hydroxylation is 2. The van der Waals surface area contributed by atoms with Crippen molar-refractivity contribution >= 4 is 5.78 Å². The monoisotopic (exact) mass is 176 g/mol. The van der Waals surface area contributed by atoms with E-state index in [4.69, 9.17) is 0 Å². The highest BCUT2D eigenvalue weighted by atomic mass is 16.1. The lowest BCUT2D eigenvalue weighted by Crippen LogP contribution is -2.00. The van der Waals surface area contributed by atoms with Gasteiger partial charge < -0.3 is 0 Å². The molecule has 0 saturated heterocycles. The van der Waals surface area contributed by atoms with Gasteiger partial charge in [0.15, 0.2) is 5.78 Å². The second kappa shape index (κ2) is 3.73. The van der Waals surface area contributed by atoms with Crippen LogP contribution >= 0.6 is 0 Å². The summed E-state index contributed by atoms with van der Waals surface area (Å²) in [6, 6.07) is 4.16. The molecule has 0 spiro atoms. The van der Waals surface area contributed by atoms with Gasteiger partial charge in [-0.3, -0.25) is 4.79 Å². The number of ketones is 1. The van der Waals surface area contributed by atoms with Gasteiger partial charge in [0.25, 0.3) is 0 Å². The highest BCUT2D eigenvalue weighted by Gasteiger charge is 2.07. The fourth-order valence-electron chi connectivity index (χ4n) is 1.50. The number of carbonyl (C=O) groups is 1. The average molecular weight is 176 g/mol. The molecule has 0 radical (unpaired) electrons. The van der Waals surface area contributed by atoms with E-state index in [1.54, 1.807) is 6.92 Å². The lowest BCUT2D eigenvalue weighted by Gasteiger charge is -2.08. The molecule has 0 heterocycles. The van der Waals surface area contributed by atoms with Crippen molar-refractivity contribution in [2.45, 2.75) is 34.1 Å². The molecular weight excluding hydrogens is 160 g/mol. The number of rotatable bonds is 2.